The first-order valence-corrected chi connectivity index (χ1v) is 9.74. The van der Waals surface area contributed by atoms with Crippen molar-refractivity contribution in [2.75, 3.05) is 33.3 Å². The van der Waals surface area contributed by atoms with Crippen LogP contribution in [-0.4, -0.2) is 39.8 Å². The van der Waals surface area contributed by atoms with Crippen LogP contribution in [0, 0.1) is 13.8 Å². The highest BCUT2D eigenvalue weighted by atomic mass is 32.1. The number of esters is 1. The molecule has 0 aliphatic carbocycles. The van der Waals surface area contributed by atoms with Gasteiger partial charge in [0.25, 0.3) is 0 Å². The molecule has 0 atom stereocenters. The van der Waals surface area contributed by atoms with Crippen LogP contribution in [0.15, 0.2) is 18.2 Å². The van der Waals surface area contributed by atoms with Crippen molar-refractivity contribution >= 4 is 34.3 Å². The average molecular weight is 419 g/mol. The Kier molecular flexibility index (Phi) is 7.67. The highest BCUT2D eigenvalue weighted by molar-refractivity contribution is 7.16. The first-order chi connectivity index (χ1) is 13.9. The van der Waals surface area contributed by atoms with Crippen molar-refractivity contribution in [1.82, 2.24) is 0 Å². The smallest absolute Gasteiger partial charge is 0.341 e. The zero-order chi connectivity index (χ0) is 21.6. The van der Waals surface area contributed by atoms with Gasteiger partial charge in [0, 0.05) is 11.0 Å². The Morgan fingerprint density at radius 3 is 2.21 bits per heavy atom. The minimum absolute atomic E-state index is 0.265. The van der Waals surface area contributed by atoms with Crippen LogP contribution in [0.4, 0.5) is 5.00 Å². The number of ether oxygens (including phenoxy) is 4. The maximum Gasteiger partial charge on any atom is 0.341 e. The molecule has 0 saturated heterocycles. The molecule has 0 aliphatic heterocycles. The van der Waals surface area contributed by atoms with Crippen molar-refractivity contribution in [3.05, 3.63) is 39.8 Å². The highest BCUT2D eigenvalue weighted by Crippen LogP contribution is 2.38. The molecule has 1 aromatic heterocycles. The Balaban J connectivity index is 2.25. The molecular weight excluding hydrogens is 394 g/mol. The molecule has 2 rings (SSSR count). The van der Waals surface area contributed by atoms with Crippen LogP contribution in [0.25, 0.3) is 6.08 Å². The van der Waals surface area contributed by atoms with E-state index in [1.807, 2.05) is 13.8 Å². The molecular formula is C21H25NO6S. The quantitative estimate of drug-likeness (QED) is 0.510. The summed E-state index contributed by atoms with van der Waals surface area (Å²) >= 11 is 1.34. The van der Waals surface area contributed by atoms with Gasteiger partial charge in [0.15, 0.2) is 11.5 Å². The van der Waals surface area contributed by atoms with E-state index >= 15 is 0 Å². The second-order valence-corrected chi connectivity index (χ2v) is 7.21. The molecule has 0 bridgehead atoms. The van der Waals surface area contributed by atoms with Crippen LogP contribution in [-0.2, 0) is 9.53 Å². The first kappa shape index (κ1) is 22.3. The SMILES string of the molecule is CCOC(=O)c1c(NC(=O)/C=C/c2cc(OC)c(OC)c(OC)c2)sc(C)c1C. The number of amides is 1. The van der Waals surface area contributed by atoms with Gasteiger partial charge in [-0.3, -0.25) is 4.79 Å². The molecule has 0 fully saturated rings. The zero-order valence-electron chi connectivity index (χ0n) is 17.4. The molecule has 1 heterocycles. The Morgan fingerprint density at radius 1 is 1.07 bits per heavy atom. The highest BCUT2D eigenvalue weighted by Gasteiger charge is 2.21. The second-order valence-electron chi connectivity index (χ2n) is 5.99. The number of carbonyl (C=O) groups excluding carboxylic acids is 2. The molecule has 156 valence electrons. The lowest BCUT2D eigenvalue weighted by molar-refractivity contribution is -0.111. The number of anilines is 1. The molecule has 7 nitrogen and oxygen atoms in total. The number of methoxy groups -OCH3 is 3. The van der Waals surface area contributed by atoms with E-state index in [1.54, 1.807) is 25.1 Å². The summed E-state index contributed by atoms with van der Waals surface area (Å²) in [6.07, 6.45) is 3.00. The van der Waals surface area contributed by atoms with Gasteiger partial charge in [-0.25, -0.2) is 4.79 Å². The lowest BCUT2D eigenvalue weighted by atomic mass is 10.1. The summed E-state index contributed by atoms with van der Waals surface area (Å²) in [6.45, 7) is 5.73. The number of carbonyl (C=O) groups is 2. The number of rotatable bonds is 8. The fraction of sp³-hybridized carbons (Fsp3) is 0.333. The minimum atomic E-state index is -0.446. The molecule has 1 amide bonds. The second kappa shape index (κ2) is 9.97. The van der Waals surface area contributed by atoms with E-state index in [2.05, 4.69) is 5.32 Å². The molecule has 0 radical (unpaired) electrons. The maximum atomic E-state index is 12.4. The summed E-state index contributed by atoms with van der Waals surface area (Å²) in [5, 5.41) is 3.24. The third-order valence-electron chi connectivity index (χ3n) is 4.22. The van der Waals surface area contributed by atoms with Crippen LogP contribution >= 0.6 is 11.3 Å². The van der Waals surface area contributed by atoms with E-state index in [0.717, 1.165) is 10.4 Å². The van der Waals surface area contributed by atoms with E-state index in [4.69, 9.17) is 18.9 Å². The summed E-state index contributed by atoms with van der Waals surface area (Å²) < 4.78 is 21.0. The summed E-state index contributed by atoms with van der Waals surface area (Å²) in [6, 6.07) is 3.46. The van der Waals surface area contributed by atoms with Gasteiger partial charge in [-0.1, -0.05) is 0 Å². The molecule has 0 unspecified atom stereocenters. The van der Waals surface area contributed by atoms with Gasteiger partial charge in [0.05, 0.1) is 33.5 Å². The molecule has 0 saturated carbocycles. The fourth-order valence-electron chi connectivity index (χ4n) is 2.69. The monoisotopic (exact) mass is 419 g/mol. The van der Waals surface area contributed by atoms with Crippen LogP contribution in [0.5, 0.6) is 17.2 Å². The fourth-order valence-corrected chi connectivity index (χ4v) is 3.74. The number of benzene rings is 1. The molecule has 1 N–H and O–H groups in total. The average Bonchev–Trinajstić information content (AvgIpc) is 2.98. The number of thiophene rings is 1. The van der Waals surface area contributed by atoms with Crippen LogP contribution in [0.2, 0.25) is 0 Å². The van der Waals surface area contributed by atoms with Gasteiger partial charge < -0.3 is 24.3 Å². The Labute approximate surface area is 174 Å². The molecule has 8 heteroatoms. The van der Waals surface area contributed by atoms with E-state index in [0.29, 0.717) is 33.4 Å². The van der Waals surface area contributed by atoms with Crippen molar-refractivity contribution in [3.8, 4) is 17.2 Å². The Morgan fingerprint density at radius 2 is 1.69 bits per heavy atom. The summed E-state index contributed by atoms with van der Waals surface area (Å²) in [5.74, 6) is 0.631. The van der Waals surface area contributed by atoms with Crippen LogP contribution in [0.3, 0.4) is 0 Å². The third kappa shape index (κ3) is 5.08. The number of hydrogen-bond donors (Lipinski definition) is 1. The van der Waals surface area contributed by atoms with Crippen molar-refractivity contribution in [2.24, 2.45) is 0 Å². The summed E-state index contributed by atoms with van der Waals surface area (Å²) in [5.41, 5.74) is 1.89. The zero-order valence-corrected chi connectivity index (χ0v) is 18.2. The normalized spacial score (nSPS) is 10.7. The molecule has 29 heavy (non-hydrogen) atoms. The topological polar surface area (TPSA) is 83.1 Å². The number of hydrogen-bond acceptors (Lipinski definition) is 7. The van der Waals surface area contributed by atoms with Gasteiger partial charge in [-0.05, 0) is 50.1 Å². The van der Waals surface area contributed by atoms with Gasteiger partial charge in [0.2, 0.25) is 11.7 Å². The van der Waals surface area contributed by atoms with E-state index in [1.165, 1.54) is 38.7 Å². The predicted molar refractivity (Wildman–Crippen MR) is 114 cm³/mol. The van der Waals surface area contributed by atoms with Crippen molar-refractivity contribution in [1.29, 1.82) is 0 Å². The number of aryl methyl sites for hydroxylation is 1. The largest absolute Gasteiger partial charge is 0.493 e. The van der Waals surface area contributed by atoms with Gasteiger partial charge in [0.1, 0.15) is 5.00 Å². The summed E-state index contributed by atoms with van der Waals surface area (Å²) in [4.78, 5) is 25.6. The minimum Gasteiger partial charge on any atom is -0.493 e. The first-order valence-electron chi connectivity index (χ1n) is 8.92. The van der Waals surface area contributed by atoms with E-state index < -0.39 is 5.97 Å². The van der Waals surface area contributed by atoms with E-state index in [-0.39, 0.29) is 12.5 Å². The lowest BCUT2D eigenvalue weighted by Gasteiger charge is -2.12. The standard InChI is InChI=1S/C21H25NO6S/c1-7-28-21(24)18-12(2)13(3)29-20(18)22-17(23)9-8-14-10-15(25-4)19(27-6)16(11-14)26-5/h8-11H,7H2,1-6H3,(H,22,23)/b9-8+. The molecule has 0 spiro atoms. The van der Waals surface area contributed by atoms with Crippen LogP contribution in [0.1, 0.15) is 33.3 Å². The van der Waals surface area contributed by atoms with Crippen LogP contribution < -0.4 is 19.5 Å². The molecule has 1 aromatic carbocycles. The predicted octanol–water partition coefficient (Wildman–Crippen LogP) is 4.22. The van der Waals surface area contributed by atoms with Gasteiger partial charge in [-0.2, -0.15) is 0 Å². The van der Waals surface area contributed by atoms with Gasteiger partial charge >= 0.3 is 5.97 Å². The van der Waals surface area contributed by atoms with Crippen molar-refractivity contribution in [2.45, 2.75) is 20.8 Å². The molecule has 2 aromatic rings. The third-order valence-corrected chi connectivity index (χ3v) is 5.34. The lowest BCUT2D eigenvalue weighted by Crippen LogP contribution is -2.12. The summed E-state index contributed by atoms with van der Waals surface area (Å²) in [7, 11) is 4.57. The Hall–Kier alpha value is -3.00. The van der Waals surface area contributed by atoms with Crippen molar-refractivity contribution < 1.29 is 28.5 Å². The van der Waals surface area contributed by atoms with E-state index in [9.17, 15) is 9.59 Å². The van der Waals surface area contributed by atoms with Crippen molar-refractivity contribution in [3.63, 3.8) is 0 Å². The number of nitrogens with one attached hydrogen (secondary N) is 1. The van der Waals surface area contributed by atoms with Gasteiger partial charge in [-0.15, -0.1) is 11.3 Å². The Bertz CT molecular complexity index is 906. The molecule has 0 aliphatic rings. The maximum absolute atomic E-state index is 12.4.